The zero-order chi connectivity index (χ0) is 17.6. The second-order valence-corrected chi connectivity index (χ2v) is 5.82. The molecule has 0 aliphatic carbocycles. The molecule has 0 heterocycles. The van der Waals surface area contributed by atoms with Crippen molar-refractivity contribution in [2.45, 2.75) is 32.5 Å². The summed E-state index contributed by atoms with van der Waals surface area (Å²) in [6.45, 7) is 2.82. The van der Waals surface area contributed by atoms with Crippen molar-refractivity contribution in [3.8, 4) is 5.75 Å². The average Bonchev–Trinajstić information content (AvgIpc) is 2.40. The number of ether oxygens (including phenoxy) is 1. The van der Waals surface area contributed by atoms with Gasteiger partial charge in [0.05, 0.1) is 18.7 Å². The lowest BCUT2D eigenvalue weighted by atomic mass is 10.2. The van der Waals surface area contributed by atoms with Crippen LogP contribution in [0.5, 0.6) is 5.75 Å². The van der Waals surface area contributed by atoms with Gasteiger partial charge in [-0.15, -0.1) is 0 Å². The molecule has 0 fully saturated rings. The summed E-state index contributed by atoms with van der Waals surface area (Å²) in [5, 5.41) is 0.380. The number of carbonyl (C=O) groups is 1. The summed E-state index contributed by atoms with van der Waals surface area (Å²) in [4.78, 5) is 12.6. The van der Waals surface area contributed by atoms with Gasteiger partial charge in [-0.3, -0.25) is 9.69 Å². The Bertz CT molecular complexity index is 536. The fourth-order valence-electron chi connectivity index (χ4n) is 2.02. The van der Waals surface area contributed by atoms with Crippen molar-refractivity contribution >= 4 is 17.5 Å². The Kier molecular flexibility index (Phi) is 7.15. The van der Waals surface area contributed by atoms with Crippen molar-refractivity contribution < 1.29 is 22.7 Å². The number of amides is 1. The third-order valence-electron chi connectivity index (χ3n) is 3.17. The predicted molar refractivity (Wildman–Crippen MR) is 82.8 cm³/mol. The van der Waals surface area contributed by atoms with Gasteiger partial charge in [-0.05, 0) is 38.5 Å². The molecule has 0 radical (unpaired) electrons. The van der Waals surface area contributed by atoms with E-state index in [0.29, 0.717) is 11.4 Å². The van der Waals surface area contributed by atoms with Crippen LogP contribution in [-0.4, -0.2) is 42.7 Å². The Morgan fingerprint density at radius 2 is 2.04 bits per heavy atom. The highest BCUT2D eigenvalue weighted by atomic mass is 35.5. The highest BCUT2D eigenvalue weighted by Gasteiger charge is 2.31. The Morgan fingerprint density at radius 3 is 2.57 bits per heavy atom. The number of alkyl halides is 3. The topological polar surface area (TPSA) is 55.6 Å². The van der Waals surface area contributed by atoms with Crippen LogP contribution in [0, 0.1) is 0 Å². The van der Waals surface area contributed by atoms with E-state index in [4.69, 9.17) is 22.1 Å². The molecule has 130 valence electrons. The zero-order valence-corrected chi connectivity index (χ0v) is 13.7. The number of nitrogens with two attached hydrogens (primary N) is 1. The number of halogens is 4. The van der Waals surface area contributed by atoms with Gasteiger partial charge < -0.3 is 10.5 Å². The van der Waals surface area contributed by atoms with Gasteiger partial charge in [0.2, 0.25) is 0 Å². The van der Waals surface area contributed by atoms with E-state index >= 15 is 0 Å². The minimum absolute atomic E-state index is 0.154. The molecular formula is C15H20ClF3N2O2. The molecule has 0 atom stereocenters. The largest absolute Gasteiger partial charge is 0.493 e. The highest BCUT2D eigenvalue weighted by Crippen LogP contribution is 2.23. The first-order valence-corrected chi connectivity index (χ1v) is 7.51. The summed E-state index contributed by atoms with van der Waals surface area (Å²) < 4.78 is 42.9. The van der Waals surface area contributed by atoms with Crippen LogP contribution in [0.2, 0.25) is 5.02 Å². The van der Waals surface area contributed by atoms with E-state index in [-0.39, 0.29) is 30.5 Å². The number of hydrogen-bond donors (Lipinski definition) is 1. The van der Waals surface area contributed by atoms with E-state index in [1.165, 1.54) is 23.1 Å². The molecule has 2 N–H and O–H groups in total. The molecule has 23 heavy (non-hydrogen) atoms. The molecule has 0 bridgehead atoms. The number of benzene rings is 1. The van der Waals surface area contributed by atoms with Gasteiger partial charge in [-0.2, -0.15) is 13.2 Å². The monoisotopic (exact) mass is 352 g/mol. The molecule has 4 nitrogen and oxygen atoms in total. The maximum atomic E-state index is 12.5. The molecule has 1 amide bonds. The van der Waals surface area contributed by atoms with Gasteiger partial charge in [0, 0.05) is 17.6 Å². The van der Waals surface area contributed by atoms with Crippen LogP contribution < -0.4 is 10.5 Å². The molecule has 1 aromatic rings. The summed E-state index contributed by atoms with van der Waals surface area (Å²) in [7, 11) is 0. The minimum Gasteiger partial charge on any atom is -0.493 e. The van der Waals surface area contributed by atoms with Crippen LogP contribution >= 0.6 is 11.6 Å². The molecule has 0 saturated heterocycles. The molecule has 0 aliphatic heterocycles. The Morgan fingerprint density at radius 1 is 1.39 bits per heavy atom. The Labute approximate surface area is 138 Å². The molecule has 1 aromatic carbocycles. The third kappa shape index (κ3) is 7.09. The van der Waals surface area contributed by atoms with Crippen LogP contribution in [0.3, 0.4) is 0 Å². The van der Waals surface area contributed by atoms with Gasteiger partial charge in [0.15, 0.2) is 0 Å². The molecule has 0 saturated carbocycles. The standard InChI is InChI=1S/C15H20ClF3N2O2/c1-10(2)21(9-15(17,18)19)6-3-7-23-13-8-11(16)4-5-12(13)14(20)22/h4-5,8,10H,3,6-7,9H2,1-2H3,(H2,20,22). The summed E-state index contributed by atoms with van der Waals surface area (Å²) in [5.74, 6) is -0.422. The van der Waals surface area contributed by atoms with Crippen LogP contribution in [0.1, 0.15) is 30.6 Å². The number of nitrogens with zero attached hydrogens (tertiary/aromatic N) is 1. The average molecular weight is 353 g/mol. The molecule has 0 spiro atoms. The lowest BCUT2D eigenvalue weighted by Gasteiger charge is -2.27. The number of carbonyl (C=O) groups excluding carboxylic acids is 1. The van der Waals surface area contributed by atoms with Crippen LogP contribution in [0.4, 0.5) is 13.2 Å². The summed E-state index contributed by atoms with van der Waals surface area (Å²) >= 11 is 5.83. The fraction of sp³-hybridized carbons (Fsp3) is 0.533. The second kappa shape index (κ2) is 8.40. The van der Waals surface area contributed by atoms with Crippen LogP contribution in [-0.2, 0) is 0 Å². The summed E-state index contributed by atoms with van der Waals surface area (Å²) in [6.07, 6.45) is -3.86. The maximum Gasteiger partial charge on any atom is 0.401 e. The number of hydrogen-bond acceptors (Lipinski definition) is 3. The van der Waals surface area contributed by atoms with Crippen molar-refractivity contribution in [3.05, 3.63) is 28.8 Å². The fourth-order valence-corrected chi connectivity index (χ4v) is 2.18. The minimum atomic E-state index is -4.24. The summed E-state index contributed by atoms with van der Waals surface area (Å²) in [5.41, 5.74) is 5.42. The van der Waals surface area contributed by atoms with E-state index in [1.807, 2.05) is 0 Å². The van der Waals surface area contributed by atoms with Crippen molar-refractivity contribution in [1.82, 2.24) is 4.90 Å². The van der Waals surface area contributed by atoms with Crippen molar-refractivity contribution in [2.24, 2.45) is 5.73 Å². The number of primary amides is 1. The van der Waals surface area contributed by atoms with E-state index in [0.717, 1.165) is 0 Å². The second-order valence-electron chi connectivity index (χ2n) is 5.39. The normalized spacial score (nSPS) is 12.0. The first kappa shape index (κ1) is 19.6. The first-order chi connectivity index (χ1) is 10.6. The van der Waals surface area contributed by atoms with E-state index in [1.54, 1.807) is 13.8 Å². The summed E-state index contributed by atoms with van der Waals surface area (Å²) in [6, 6.07) is 4.18. The Hall–Kier alpha value is -1.47. The molecule has 1 rings (SSSR count). The maximum absolute atomic E-state index is 12.5. The SMILES string of the molecule is CC(C)N(CCCOc1cc(Cl)ccc1C(N)=O)CC(F)(F)F. The lowest BCUT2D eigenvalue weighted by molar-refractivity contribution is -0.149. The van der Waals surface area contributed by atoms with Crippen molar-refractivity contribution in [2.75, 3.05) is 19.7 Å². The highest BCUT2D eigenvalue weighted by molar-refractivity contribution is 6.30. The predicted octanol–water partition coefficient (Wildman–Crippen LogP) is 3.48. The Balaban J connectivity index is 2.56. The van der Waals surface area contributed by atoms with Gasteiger partial charge in [0.1, 0.15) is 5.75 Å². The van der Waals surface area contributed by atoms with Gasteiger partial charge in [0.25, 0.3) is 5.91 Å². The van der Waals surface area contributed by atoms with E-state index in [2.05, 4.69) is 0 Å². The lowest BCUT2D eigenvalue weighted by Crippen LogP contribution is -2.40. The van der Waals surface area contributed by atoms with Gasteiger partial charge in [-0.25, -0.2) is 0 Å². The van der Waals surface area contributed by atoms with Crippen LogP contribution in [0.25, 0.3) is 0 Å². The van der Waals surface area contributed by atoms with Gasteiger partial charge >= 0.3 is 6.18 Å². The van der Waals surface area contributed by atoms with Crippen molar-refractivity contribution in [3.63, 3.8) is 0 Å². The molecular weight excluding hydrogens is 333 g/mol. The van der Waals surface area contributed by atoms with Crippen molar-refractivity contribution in [1.29, 1.82) is 0 Å². The number of rotatable bonds is 8. The third-order valence-corrected chi connectivity index (χ3v) is 3.40. The molecule has 0 aliphatic rings. The van der Waals surface area contributed by atoms with Gasteiger partial charge in [-0.1, -0.05) is 11.6 Å². The van der Waals surface area contributed by atoms with Crippen LogP contribution in [0.15, 0.2) is 18.2 Å². The molecule has 0 unspecified atom stereocenters. The van der Waals surface area contributed by atoms with E-state index in [9.17, 15) is 18.0 Å². The molecule has 8 heteroatoms. The molecule has 0 aromatic heterocycles. The first-order valence-electron chi connectivity index (χ1n) is 7.13. The van der Waals surface area contributed by atoms with E-state index < -0.39 is 18.6 Å². The zero-order valence-electron chi connectivity index (χ0n) is 13.0. The smallest absolute Gasteiger partial charge is 0.401 e. The quantitative estimate of drug-likeness (QED) is 0.729.